The molecule has 6 heterocycles. The summed E-state index contributed by atoms with van der Waals surface area (Å²) >= 11 is 4.22. The quantitative estimate of drug-likeness (QED) is 0.0793. The average molecular weight is 638 g/mol. The third-order valence-electron chi connectivity index (χ3n) is 7.39. The molecule has 43 heavy (non-hydrogen) atoms. The third kappa shape index (κ3) is 4.82. The predicted molar refractivity (Wildman–Crippen MR) is 149 cm³/mol. The van der Waals surface area contributed by atoms with Crippen LogP contribution in [0.25, 0.3) is 22.3 Å². The van der Waals surface area contributed by atoms with Crippen LogP contribution in [0, 0.1) is 12.3 Å². The summed E-state index contributed by atoms with van der Waals surface area (Å²) in [6.45, 7) is -5.50. The van der Waals surface area contributed by atoms with Crippen molar-refractivity contribution < 1.29 is 33.2 Å². The predicted octanol–water partition coefficient (Wildman–Crippen LogP) is -0.703. The number of imidazole rings is 1. The minimum atomic E-state index is -4.38. The van der Waals surface area contributed by atoms with Crippen LogP contribution in [0.1, 0.15) is 25.3 Å². The normalized spacial score (nSPS) is 30.6. The Kier molecular flexibility index (Phi) is 7.37. The summed E-state index contributed by atoms with van der Waals surface area (Å²) in [4.78, 5) is 30.8. The number of alkyl halides is 1. The first-order chi connectivity index (χ1) is 20.5. The molecule has 4 aromatic rings. The van der Waals surface area contributed by atoms with Gasteiger partial charge in [0.1, 0.15) is 36.0 Å². The number of nitrogen functional groups attached to an aromatic ring is 2. The number of hydrogen-bond acceptors (Lipinski definition) is 15. The molecule has 0 aromatic carbocycles. The van der Waals surface area contributed by atoms with E-state index in [9.17, 15) is 19.6 Å². The molecule has 4 aromatic heterocycles. The van der Waals surface area contributed by atoms with Gasteiger partial charge >= 0.3 is 0 Å². The van der Waals surface area contributed by atoms with Crippen molar-refractivity contribution in [1.29, 1.82) is 0 Å². The number of ether oxygens (including phenoxy) is 2. The zero-order valence-electron chi connectivity index (χ0n) is 22.0. The molecule has 7 N–H and O–H groups in total. The van der Waals surface area contributed by atoms with E-state index in [1.54, 1.807) is 0 Å². The Morgan fingerprint density at radius 3 is 2.86 bits per heavy atom. The van der Waals surface area contributed by atoms with E-state index in [0.29, 0.717) is 11.2 Å². The first-order valence-electron chi connectivity index (χ1n) is 12.7. The highest BCUT2D eigenvalue weighted by atomic mass is 32.7. The van der Waals surface area contributed by atoms with E-state index >= 15 is 4.39 Å². The van der Waals surface area contributed by atoms with Crippen molar-refractivity contribution in [3.8, 4) is 12.3 Å². The van der Waals surface area contributed by atoms with Gasteiger partial charge in [0.15, 0.2) is 34.5 Å². The maximum atomic E-state index is 15.9. The summed E-state index contributed by atoms with van der Waals surface area (Å²) in [6, 6.07) is 0. The van der Waals surface area contributed by atoms with Gasteiger partial charge < -0.3 is 35.7 Å². The number of terminal acetylenes is 1. The molecule has 2 saturated heterocycles. The monoisotopic (exact) mass is 637 g/mol. The number of aromatic nitrogens is 9. The van der Waals surface area contributed by atoms with E-state index in [0.717, 1.165) is 4.68 Å². The summed E-state index contributed by atoms with van der Waals surface area (Å²) in [6.07, 6.45) is 1.25. The van der Waals surface area contributed by atoms with Crippen molar-refractivity contribution in [2.24, 2.45) is 0 Å². The third-order valence-corrected chi connectivity index (χ3v) is 10.3. The topological polar surface area (TPSA) is 257 Å². The second-order valence-electron chi connectivity index (χ2n) is 9.95. The zero-order chi connectivity index (χ0) is 30.7. The van der Waals surface area contributed by atoms with E-state index < -0.39 is 67.4 Å². The van der Waals surface area contributed by atoms with E-state index in [2.05, 4.69) is 53.4 Å². The number of fused-ring (bicyclic) bond motifs is 2. The fraction of sp³-hybridized carbons (Fsp3) is 0.500. The number of nitrogens with two attached hydrogens (primary N) is 2. The molecule has 2 aliphatic rings. The first-order valence-corrected chi connectivity index (χ1v) is 15.6. The minimum absolute atomic E-state index is 0.0359. The molecular formula is C22H25FN11O7PS. The molecule has 8 atom stereocenters. The number of thiol groups is 1. The molecule has 18 nitrogen and oxygen atoms in total. The lowest BCUT2D eigenvalue weighted by Crippen LogP contribution is -2.42. The van der Waals surface area contributed by atoms with Crippen LogP contribution in [-0.4, -0.2) is 97.5 Å². The summed E-state index contributed by atoms with van der Waals surface area (Å²) < 4.78 is 49.8. The number of anilines is 2. The molecule has 0 saturated carbocycles. The molecule has 2 fully saturated rings. The first kappa shape index (κ1) is 29.4. The van der Waals surface area contributed by atoms with Crippen molar-refractivity contribution in [3.05, 3.63) is 23.0 Å². The molecule has 0 amide bonds. The smallest absolute Gasteiger partial charge is 0.282 e. The van der Waals surface area contributed by atoms with E-state index in [1.165, 1.54) is 17.2 Å². The lowest BCUT2D eigenvalue weighted by Gasteiger charge is -2.30. The number of aliphatic hydroxyl groups excluding tert-OH is 2. The number of hydrogen-bond donors (Lipinski definition) is 6. The Bertz CT molecular complexity index is 1850. The Balaban J connectivity index is 1.29. The summed E-state index contributed by atoms with van der Waals surface area (Å²) in [7, 11) is 0. The minimum Gasteiger partial charge on any atom is -0.396 e. The van der Waals surface area contributed by atoms with Crippen molar-refractivity contribution in [2.75, 3.05) is 24.7 Å². The molecule has 0 bridgehead atoms. The molecule has 0 spiro atoms. The fourth-order valence-electron chi connectivity index (χ4n) is 5.22. The van der Waals surface area contributed by atoms with Crippen molar-refractivity contribution in [1.82, 2.24) is 44.5 Å². The molecule has 21 heteroatoms. The van der Waals surface area contributed by atoms with E-state index in [-0.39, 0.29) is 35.8 Å². The van der Waals surface area contributed by atoms with Crippen LogP contribution < -0.4 is 17.0 Å². The van der Waals surface area contributed by atoms with Gasteiger partial charge in [-0.05, 0) is 6.42 Å². The van der Waals surface area contributed by atoms with E-state index in [4.69, 9.17) is 31.9 Å². The number of aromatic amines is 1. The van der Waals surface area contributed by atoms with Crippen LogP contribution in [-0.2, 0) is 18.6 Å². The van der Waals surface area contributed by atoms with Gasteiger partial charge in [-0.1, -0.05) is 23.4 Å². The van der Waals surface area contributed by atoms with Crippen LogP contribution in [0.2, 0.25) is 0 Å². The average Bonchev–Trinajstić information content (AvgIpc) is 3.72. The lowest BCUT2D eigenvalue weighted by molar-refractivity contribution is -0.0837. The Morgan fingerprint density at radius 2 is 2.12 bits per heavy atom. The standard InChI is InChI=1S/C22H25FN11O7PS/c1-2-22(10(36)5-11(41-22)33-8-28-13-16(24)26-7-27-17(13)33)6-39-42(38,43)15-12(23)9(3-4-35)40-20(15)34-18-14(31-32-34)19(37)30-21(25)29-18/h1,7-12,15,20,35-36H,3-6H2,(H,38,43)(H2,24,26,27)(H3,25,29,30,37)/t9-,10+,11-,12+,15-,20-,22-,42?/m1/s1. The highest BCUT2D eigenvalue weighted by Crippen LogP contribution is 2.65. The van der Waals surface area contributed by atoms with Crippen molar-refractivity contribution >= 4 is 52.9 Å². The number of nitrogens with zero attached hydrogens (tertiary/aromatic N) is 8. The SMILES string of the molecule is C#C[C@]1(COP(=O)(S)[C@@H]2[C@@H](F)[C@@H](CCO)O[C@H]2n2nnc3c(=O)[nH]c(N)nc32)O[C@@H](n2cnc3c(N)ncnc32)C[C@@H]1O. The van der Waals surface area contributed by atoms with Crippen LogP contribution in [0.15, 0.2) is 17.4 Å². The van der Waals surface area contributed by atoms with Gasteiger partial charge in [0.25, 0.3) is 12.1 Å². The van der Waals surface area contributed by atoms with E-state index in [1.807, 2.05) is 0 Å². The maximum absolute atomic E-state index is 15.9. The second-order valence-corrected chi connectivity index (χ2v) is 13.6. The molecule has 0 radical (unpaired) electrons. The van der Waals surface area contributed by atoms with Crippen molar-refractivity contribution in [2.45, 2.75) is 54.9 Å². The number of H-pyrrole nitrogens is 1. The second kappa shape index (κ2) is 10.8. The molecule has 0 aliphatic carbocycles. The Hall–Kier alpha value is -3.70. The molecule has 6 rings (SSSR count). The number of halogens is 1. The number of nitrogens with one attached hydrogen (secondary N) is 1. The van der Waals surface area contributed by atoms with Gasteiger partial charge in [-0.25, -0.2) is 19.3 Å². The fourth-order valence-corrected chi connectivity index (χ4v) is 7.73. The largest absolute Gasteiger partial charge is 0.396 e. The summed E-state index contributed by atoms with van der Waals surface area (Å²) in [5.74, 6) is 2.23. The summed E-state index contributed by atoms with van der Waals surface area (Å²) in [5.41, 5.74) is 7.56. The number of aliphatic hydroxyl groups is 2. The number of rotatable bonds is 8. The summed E-state index contributed by atoms with van der Waals surface area (Å²) in [5, 5.41) is 28.1. The van der Waals surface area contributed by atoms with Crippen LogP contribution >= 0.6 is 18.8 Å². The van der Waals surface area contributed by atoms with Crippen LogP contribution in [0.4, 0.5) is 16.2 Å². The van der Waals surface area contributed by atoms with Gasteiger partial charge in [0.05, 0.1) is 19.0 Å². The highest BCUT2D eigenvalue weighted by Gasteiger charge is 2.57. The van der Waals surface area contributed by atoms with Crippen LogP contribution in [0.3, 0.4) is 0 Å². The molecule has 1 unspecified atom stereocenters. The van der Waals surface area contributed by atoms with Gasteiger partial charge in [0, 0.05) is 13.0 Å². The Morgan fingerprint density at radius 1 is 1.33 bits per heavy atom. The maximum Gasteiger partial charge on any atom is 0.282 e. The van der Waals surface area contributed by atoms with Crippen molar-refractivity contribution in [3.63, 3.8) is 0 Å². The van der Waals surface area contributed by atoms with Gasteiger partial charge in [0.2, 0.25) is 5.95 Å². The molecule has 228 valence electrons. The molecular weight excluding hydrogens is 612 g/mol. The Labute approximate surface area is 245 Å². The van der Waals surface area contributed by atoms with Gasteiger partial charge in [-0.15, -0.1) is 11.5 Å². The highest BCUT2D eigenvalue weighted by molar-refractivity contribution is 8.46. The van der Waals surface area contributed by atoms with Crippen LogP contribution in [0.5, 0.6) is 0 Å². The zero-order valence-corrected chi connectivity index (χ0v) is 23.8. The van der Waals surface area contributed by atoms with Gasteiger partial charge in [-0.3, -0.25) is 18.9 Å². The van der Waals surface area contributed by atoms with Gasteiger partial charge in [-0.2, -0.15) is 9.67 Å². The lowest BCUT2D eigenvalue weighted by atomic mass is 9.99. The molecule has 2 aliphatic heterocycles.